The van der Waals surface area contributed by atoms with Crippen LogP contribution in [0, 0.1) is 5.41 Å². The van der Waals surface area contributed by atoms with Crippen molar-refractivity contribution in [1.82, 2.24) is 10.2 Å². The fraction of sp³-hybridized carbons (Fsp3) is 0.929. The molecule has 0 spiro atoms. The normalized spacial score (nSPS) is 30.8. The van der Waals surface area contributed by atoms with E-state index in [2.05, 4.69) is 24.1 Å². The zero-order valence-electron chi connectivity index (χ0n) is 11.6. The van der Waals surface area contributed by atoms with Crippen molar-refractivity contribution in [3.05, 3.63) is 0 Å². The van der Waals surface area contributed by atoms with Crippen LogP contribution in [0.1, 0.15) is 46.0 Å². The van der Waals surface area contributed by atoms with Crippen molar-refractivity contribution >= 4 is 5.91 Å². The number of nitrogens with one attached hydrogen (secondary N) is 1. The minimum Gasteiger partial charge on any atom is -0.394 e. The Balaban J connectivity index is 2.17. The number of nitrogens with zero attached hydrogens (tertiary/aromatic N) is 1. The molecule has 104 valence electrons. The summed E-state index contributed by atoms with van der Waals surface area (Å²) in [5, 5.41) is 12.5. The van der Waals surface area contributed by atoms with Gasteiger partial charge in [0.25, 0.3) is 0 Å². The van der Waals surface area contributed by atoms with Gasteiger partial charge in [-0.1, -0.05) is 33.1 Å². The van der Waals surface area contributed by atoms with Gasteiger partial charge >= 0.3 is 0 Å². The summed E-state index contributed by atoms with van der Waals surface area (Å²) in [4.78, 5) is 14.3. The van der Waals surface area contributed by atoms with Crippen LogP contribution in [0.3, 0.4) is 0 Å². The summed E-state index contributed by atoms with van der Waals surface area (Å²) in [5.41, 5.74) is 0.0804. The van der Waals surface area contributed by atoms with E-state index in [1.807, 2.05) is 0 Å². The highest BCUT2D eigenvalue weighted by molar-refractivity contribution is 5.82. The lowest BCUT2D eigenvalue weighted by Gasteiger charge is -2.40. The van der Waals surface area contributed by atoms with Crippen LogP contribution in [0.25, 0.3) is 0 Å². The molecule has 2 rings (SSSR count). The minimum absolute atomic E-state index is 0.00588. The number of rotatable bonds is 2. The van der Waals surface area contributed by atoms with E-state index in [0.29, 0.717) is 12.6 Å². The Kier molecular flexibility index (Phi) is 4.28. The lowest BCUT2D eigenvalue weighted by molar-refractivity contribution is -0.128. The highest BCUT2D eigenvalue weighted by Crippen LogP contribution is 2.29. The van der Waals surface area contributed by atoms with E-state index in [4.69, 9.17) is 0 Å². The third kappa shape index (κ3) is 3.04. The average molecular weight is 254 g/mol. The number of hydrogen-bond donors (Lipinski definition) is 2. The van der Waals surface area contributed by atoms with Gasteiger partial charge in [0, 0.05) is 19.1 Å². The van der Waals surface area contributed by atoms with Gasteiger partial charge in [-0.05, 0) is 18.3 Å². The van der Waals surface area contributed by atoms with Crippen LogP contribution in [0.4, 0.5) is 0 Å². The van der Waals surface area contributed by atoms with Crippen molar-refractivity contribution < 1.29 is 9.90 Å². The standard InChI is InChI=1S/C14H26N2O2/c1-14(2)9-15-13(18)12(8-17)16(10-14)11-6-4-3-5-7-11/h11-12,17H,3-10H2,1-2H3,(H,15,18). The van der Waals surface area contributed by atoms with Crippen LogP contribution in [0.15, 0.2) is 0 Å². The second kappa shape index (κ2) is 5.57. The number of aliphatic hydroxyl groups is 1. The maximum Gasteiger partial charge on any atom is 0.239 e. The van der Waals surface area contributed by atoms with Crippen molar-refractivity contribution in [2.24, 2.45) is 5.41 Å². The van der Waals surface area contributed by atoms with Gasteiger partial charge in [-0.2, -0.15) is 0 Å². The summed E-state index contributed by atoms with van der Waals surface area (Å²) < 4.78 is 0. The Morgan fingerprint density at radius 3 is 2.61 bits per heavy atom. The van der Waals surface area contributed by atoms with Gasteiger partial charge in [0.2, 0.25) is 5.91 Å². The molecule has 1 heterocycles. The molecule has 0 aromatic heterocycles. The lowest BCUT2D eigenvalue weighted by Crippen LogP contribution is -2.52. The molecule has 1 saturated heterocycles. The number of carbonyl (C=O) groups is 1. The molecule has 4 nitrogen and oxygen atoms in total. The molecule has 18 heavy (non-hydrogen) atoms. The lowest BCUT2D eigenvalue weighted by atomic mass is 9.89. The molecule has 1 saturated carbocycles. The second-order valence-corrected chi connectivity index (χ2v) is 6.54. The summed E-state index contributed by atoms with van der Waals surface area (Å²) in [6.07, 6.45) is 6.15. The van der Waals surface area contributed by atoms with Crippen LogP contribution in [-0.4, -0.2) is 47.7 Å². The Bertz CT molecular complexity index is 298. The Morgan fingerprint density at radius 2 is 2.00 bits per heavy atom. The molecule has 1 amide bonds. The molecule has 0 aromatic carbocycles. The van der Waals surface area contributed by atoms with Gasteiger partial charge in [-0.15, -0.1) is 0 Å². The van der Waals surface area contributed by atoms with Crippen LogP contribution in [0.2, 0.25) is 0 Å². The topological polar surface area (TPSA) is 52.6 Å². The van der Waals surface area contributed by atoms with E-state index in [1.165, 1.54) is 32.1 Å². The van der Waals surface area contributed by atoms with Crippen molar-refractivity contribution in [2.75, 3.05) is 19.7 Å². The Hall–Kier alpha value is -0.610. The van der Waals surface area contributed by atoms with Crippen molar-refractivity contribution in [1.29, 1.82) is 0 Å². The van der Waals surface area contributed by atoms with Gasteiger partial charge < -0.3 is 10.4 Å². The molecule has 0 bridgehead atoms. The fourth-order valence-electron chi connectivity index (χ4n) is 3.24. The van der Waals surface area contributed by atoms with Crippen molar-refractivity contribution in [3.63, 3.8) is 0 Å². The van der Waals surface area contributed by atoms with Crippen LogP contribution in [-0.2, 0) is 4.79 Å². The minimum atomic E-state index is -0.352. The summed E-state index contributed by atoms with van der Waals surface area (Å²) in [7, 11) is 0. The molecule has 2 N–H and O–H groups in total. The van der Waals surface area contributed by atoms with E-state index in [9.17, 15) is 9.90 Å². The predicted octanol–water partition coefficient (Wildman–Crippen LogP) is 1.14. The van der Waals surface area contributed by atoms with E-state index in [-0.39, 0.29) is 24.0 Å². The smallest absolute Gasteiger partial charge is 0.239 e. The van der Waals surface area contributed by atoms with Gasteiger partial charge in [-0.3, -0.25) is 9.69 Å². The summed E-state index contributed by atoms with van der Waals surface area (Å²) in [6, 6.07) is 0.119. The highest BCUT2D eigenvalue weighted by atomic mass is 16.3. The first kappa shape index (κ1) is 13.8. The Labute approximate surface area is 110 Å². The van der Waals surface area contributed by atoms with Gasteiger partial charge in [0.05, 0.1) is 6.61 Å². The van der Waals surface area contributed by atoms with Gasteiger partial charge in [0.15, 0.2) is 0 Å². The molecule has 2 fully saturated rings. The summed E-state index contributed by atoms with van der Waals surface area (Å²) >= 11 is 0. The van der Waals surface area contributed by atoms with Gasteiger partial charge in [-0.25, -0.2) is 0 Å². The first-order valence-corrected chi connectivity index (χ1v) is 7.18. The van der Waals surface area contributed by atoms with Crippen LogP contribution < -0.4 is 5.32 Å². The van der Waals surface area contributed by atoms with Crippen LogP contribution >= 0.6 is 0 Å². The van der Waals surface area contributed by atoms with E-state index >= 15 is 0 Å². The van der Waals surface area contributed by atoms with E-state index in [0.717, 1.165) is 6.54 Å². The third-order valence-electron chi connectivity index (χ3n) is 4.27. The number of carbonyl (C=O) groups excluding carboxylic acids is 1. The summed E-state index contributed by atoms with van der Waals surface area (Å²) in [6.45, 7) is 5.89. The monoisotopic (exact) mass is 254 g/mol. The molecule has 4 heteroatoms. The molecule has 1 unspecified atom stereocenters. The quantitative estimate of drug-likeness (QED) is 0.777. The number of hydrogen-bond acceptors (Lipinski definition) is 3. The maximum atomic E-state index is 12.1. The molecular weight excluding hydrogens is 228 g/mol. The SMILES string of the molecule is CC1(C)CNC(=O)C(CO)N(C2CCCCC2)C1. The van der Waals surface area contributed by atoms with E-state index < -0.39 is 0 Å². The zero-order chi connectivity index (χ0) is 13.2. The first-order chi connectivity index (χ1) is 8.53. The first-order valence-electron chi connectivity index (χ1n) is 7.18. The van der Waals surface area contributed by atoms with Crippen molar-refractivity contribution in [3.8, 4) is 0 Å². The van der Waals surface area contributed by atoms with Crippen molar-refractivity contribution in [2.45, 2.75) is 58.0 Å². The van der Waals surface area contributed by atoms with E-state index in [1.54, 1.807) is 0 Å². The fourth-order valence-corrected chi connectivity index (χ4v) is 3.24. The molecular formula is C14H26N2O2. The molecule has 2 aliphatic rings. The molecule has 0 radical (unpaired) electrons. The van der Waals surface area contributed by atoms with Gasteiger partial charge in [0.1, 0.15) is 6.04 Å². The van der Waals surface area contributed by atoms with Crippen LogP contribution in [0.5, 0.6) is 0 Å². The maximum absolute atomic E-state index is 12.1. The second-order valence-electron chi connectivity index (χ2n) is 6.54. The number of amides is 1. The molecule has 1 aliphatic carbocycles. The highest BCUT2D eigenvalue weighted by Gasteiger charge is 2.38. The molecule has 1 atom stereocenters. The third-order valence-corrected chi connectivity index (χ3v) is 4.27. The molecule has 0 aromatic rings. The summed E-state index contributed by atoms with van der Waals surface area (Å²) in [5.74, 6) is -0.00588. The predicted molar refractivity (Wildman–Crippen MR) is 71.2 cm³/mol. The zero-order valence-corrected chi connectivity index (χ0v) is 11.6. The largest absolute Gasteiger partial charge is 0.394 e. The average Bonchev–Trinajstić information content (AvgIpc) is 2.48. The Morgan fingerprint density at radius 1 is 1.33 bits per heavy atom. The number of aliphatic hydroxyl groups excluding tert-OH is 1. The molecule has 1 aliphatic heterocycles.